The first kappa shape index (κ1) is 10.7. The molecule has 1 heterocycles. The summed E-state index contributed by atoms with van der Waals surface area (Å²) in [6.45, 7) is 4.49. The summed E-state index contributed by atoms with van der Waals surface area (Å²) in [7, 11) is 0. The summed E-state index contributed by atoms with van der Waals surface area (Å²) in [4.78, 5) is 11.5. The van der Waals surface area contributed by atoms with Crippen molar-refractivity contribution < 1.29 is 4.79 Å². The number of aromatic amines is 1. The first-order valence-corrected chi connectivity index (χ1v) is 4.65. The van der Waals surface area contributed by atoms with Gasteiger partial charge in [-0.25, -0.2) is 0 Å². The van der Waals surface area contributed by atoms with E-state index in [-0.39, 0.29) is 17.9 Å². The minimum absolute atomic E-state index is 0.0656. The van der Waals surface area contributed by atoms with Crippen molar-refractivity contribution >= 4 is 5.91 Å². The average molecular weight is 196 g/mol. The summed E-state index contributed by atoms with van der Waals surface area (Å²) in [5.74, 6) is 0.122. The Morgan fingerprint density at radius 1 is 1.71 bits per heavy atom. The lowest BCUT2D eigenvalue weighted by Gasteiger charge is -2.18. The summed E-state index contributed by atoms with van der Waals surface area (Å²) in [5, 5.41) is 9.15. The van der Waals surface area contributed by atoms with E-state index in [1.807, 2.05) is 13.8 Å². The van der Waals surface area contributed by atoms with Crippen molar-refractivity contribution in [3.05, 3.63) is 18.0 Å². The van der Waals surface area contributed by atoms with Gasteiger partial charge in [0, 0.05) is 12.2 Å². The van der Waals surface area contributed by atoms with Gasteiger partial charge < -0.3 is 11.1 Å². The molecule has 0 radical (unpaired) electrons. The van der Waals surface area contributed by atoms with Crippen molar-refractivity contribution in [3.8, 4) is 0 Å². The van der Waals surface area contributed by atoms with E-state index in [4.69, 9.17) is 5.73 Å². The van der Waals surface area contributed by atoms with Crippen molar-refractivity contribution in [2.75, 3.05) is 6.54 Å². The fourth-order valence-electron chi connectivity index (χ4n) is 1.01. The molecule has 0 aliphatic heterocycles. The first-order valence-electron chi connectivity index (χ1n) is 4.65. The van der Waals surface area contributed by atoms with E-state index >= 15 is 0 Å². The fraction of sp³-hybridized carbons (Fsp3) is 0.556. The van der Waals surface area contributed by atoms with Gasteiger partial charge in [0.2, 0.25) is 0 Å². The Bertz CT molecular complexity index is 283. The second-order valence-electron chi connectivity index (χ2n) is 3.45. The Labute approximate surface area is 83.1 Å². The molecule has 2 atom stereocenters. The van der Waals surface area contributed by atoms with Crippen LogP contribution in [0.25, 0.3) is 0 Å². The molecular weight excluding hydrogens is 180 g/mol. The second-order valence-corrected chi connectivity index (χ2v) is 3.45. The number of hydrogen-bond acceptors (Lipinski definition) is 3. The number of nitrogens with zero attached hydrogens (tertiary/aromatic N) is 1. The molecule has 78 valence electrons. The van der Waals surface area contributed by atoms with Crippen LogP contribution in [0.15, 0.2) is 12.3 Å². The Morgan fingerprint density at radius 2 is 2.43 bits per heavy atom. The van der Waals surface area contributed by atoms with E-state index in [1.165, 1.54) is 0 Å². The summed E-state index contributed by atoms with van der Waals surface area (Å²) >= 11 is 0. The van der Waals surface area contributed by atoms with Crippen LogP contribution >= 0.6 is 0 Å². The number of amides is 1. The molecule has 4 N–H and O–H groups in total. The molecule has 0 fully saturated rings. The summed E-state index contributed by atoms with van der Waals surface area (Å²) in [6.07, 6.45) is 1.55. The van der Waals surface area contributed by atoms with E-state index in [2.05, 4.69) is 15.5 Å². The molecule has 14 heavy (non-hydrogen) atoms. The van der Waals surface area contributed by atoms with Gasteiger partial charge in [-0.2, -0.15) is 5.10 Å². The molecule has 0 saturated heterocycles. The zero-order chi connectivity index (χ0) is 10.6. The van der Waals surface area contributed by atoms with Crippen molar-refractivity contribution in [1.82, 2.24) is 15.5 Å². The Hall–Kier alpha value is -1.36. The molecule has 0 saturated carbocycles. The average Bonchev–Trinajstić information content (AvgIpc) is 2.69. The van der Waals surface area contributed by atoms with Crippen LogP contribution in [-0.4, -0.2) is 28.7 Å². The maximum atomic E-state index is 11.5. The standard InChI is InChI=1S/C9H16N4O/c1-6(5-10)7(2)12-9(14)8-3-4-11-13-8/h3-4,6-7H,5,10H2,1-2H3,(H,11,13)(H,12,14). The highest BCUT2D eigenvalue weighted by atomic mass is 16.2. The Morgan fingerprint density at radius 3 is 2.93 bits per heavy atom. The molecule has 1 amide bonds. The number of rotatable bonds is 4. The van der Waals surface area contributed by atoms with Gasteiger partial charge in [-0.05, 0) is 25.5 Å². The molecular formula is C9H16N4O. The van der Waals surface area contributed by atoms with Gasteiger partial charge in [-0.1, -0.05) is 6.92 Å². The maximum absolute atomic E-state index is 11.5. The van der Waals surface area contributed by atoms with E-state index in [0.29, 0.717) is 12.2 Å². The second kappa shape index (κ2) is 4.76. The molecule has 0 bridgehead atoms. The zero-order valence-electron chi connectivity index (χ0n) is 8.45. The van der Waals surface area contributed by atoms with Crippen LogP contribution in [0.3, 0.4) is 0 Å². The third-order valence-corrected chi connectivity index (χ3v) is 2.33. The smallest absolute Gasteiger partial charge is 0.269 e. The van der Waals surface area contributed by atoms with Gasteiger partial charge in [-0.15, -0.1) is 0 Å². The normalized spacial score (nSPS) is 14.8. The molecule has 0 aliphatic rings. The molecule has 1 aromatic rings. The van der Waals surface area contributed by atoms with E-state index in [1.54, 1.807) is 12.3 Å². The number of nitrogens with two attached hydrogens (primary N) is 1. The van der Waals surface area contributed by atoms with Crippen molar-refractivity contribution in [1.29, 1.82) is 0 Å². The predicted octanol–water partition coefficient (Wildman–Crippen LogP) is 0.123. The van der Waals surface area contributed by atoms with Gasteiger partial charge in [0.15, 0.2) is 0 Å². The van der Waals surface area contributed by atoms with Crippen molar-refractivity contribution in [2.24, 2.45) is 11.7 Å². The SMILES string of the molecule is CC(CN)C(C)NC(=O)c1ccn[nH]1. The minimum Gasteiger partial charge on any atom is -0.348 e. The van der Waals surface area contributed by atoms with Crippen LogP contribution in [0.4, 0.5) is 0 Å². The molecule has 1 aromatic heterocycles. The molecule has 1 rings (SSSR count). The van der Waals surface area contributed by atoms with Gasteiger partial charge in [0.1, 0.15) is 5.69 Å². The highest BCUT2D eigenvalue weighted by Crippen LogP contribution is 2.01. The Kier molecular flexibility index (Phi) is 3.64. The quantitative estimate of drug-likeness (QED) is 0.639. The van der Waals surface area contributed by atoms with E-state index in [0.717, 1.165) is 0 Å². The molecule has 5 heteroatoms. The van der Waals surface area contributed by atoms with Gasteiger partial charge in [0.25, 0.3) is 5.91 Å². The number of nitrogens with one attached hydrogen (secondary N) is 2. The van der Waals surface area contributed by atoms with E-state index in [9.17, 15) is 4.79 Å². The minimum atomic E-state index is -0.143. The van der Waals surface area contributed by atoms with Crippen LogP contribution in [0.5, 0.6) is 0 Å². The van der Waals surface area contributed by atoms with Crippen LogP contribution in [0, 0.1) is 5.92 Å². The van der Waals surface area contributed by atoms with Crippen LogP contribution in [0.2, 0.25) is 0 Å². The molecule has 0 aromatic carbocycles. The predicted molar refractivity (Wildman–Crippen MR) is 53.7 cm³/mol. The highest BCUT2D eigenvalue weighted by Gasteiger charge is 2.14. The van der Waals surface area contributed by atoms with Crippen LogP contribution in [-0.2, 0) is 0 Å². The summed E-state index contributed by atoms with van der Waals surface area (Å²) in [6, 6.07) is 1.70. The third kappa shape index (κ3) is 2.56. The van der Waals surface area contributed by atoms with E-state index < -0.39 is 0 Å². The fourth-order valence-corrected chi connectivity index (χ4v) is 1.01. The summed E-state index contributed by atoms with van der Waals surface area (Å²) in [5.41, 5.74) is 5.97. The molecule has 2 unspecified atom stereocenters. The Balaban J connectivity index is 2.49. The number of hydrogen-bond donors (Lipinski definition) is 3. The third-order valence-electron chi connectivity index (χ3n) is 2.33. The number of H-pyrrole nitrogens is 1. The van der Waals surface area contributed by atoms with Crippen molar-refractivity contribution in [3.63, 3.8) is 0 Å². The lowest BCUT2D eigenvalue weighted by atomic mass is 10.0. The van der Waals surface area contributed by atoms with Gasteiger partial charge in [0.05, 0.1) is 0 Å². The number of carbonyl (C=O) groups excluding carboxylic acids is 1. The van der Waals surface area contributed by atoms with Gasteiger partial charge in [-0.3, -0.25) is 9.89 Å². The number of carbonyl (C=O) groups is 1. The molecule has 0 spiro atoms. The van der Waals surface area contributed by atoms with Crippen LogP contribution < -0.4 is 11.1 Å². The van der Waals surface area contributed by atoms with Gasteiger partial charge >= 0.3 is 0 Å². The highest BCUT2D eigenvalue weighted by molar-refractivity contribution is 5.92. The van der Waals surface area contributed by atoms with Crippen LogP contribution in [0.1, 0.15) is 24.3 Å². The zero-order valence-corrected chi connectivity index (χ0v) is 8.45. The van der Waals surface area contributed by atoms with Crippen molar-refractivity contribution in [2.45, 2.75) is 19.9 Å². The maximum Gasteiger partial charge on any atom is 0.269 e. The summed E-state index contributed by atoms with van der Waals surface area (Å²) < 4.78 is 0. The molecule has 5 nitrogen and oxygen atoms in total. The lowest BCUT2D eigenvalue weighted by molar-refractivity contribution is 0.0924. The topological polar surface area (TPSA) is 83.8 Å². The lowest BCUT2D eigenvalue weighted by Crippen LogP contribution is -2.39. The molecule has 0 aliphatic carbocycles. The monoisotopic (exact) mass is 196 g/mol. The number of aromatic nitrogens is 2. The largest absolute Gasteiger partial charge is 0.348 e. The first-order chi connectivity index (χ1) is 6.65.